The molecule has 1 aromatic heterocycles. The van der Waals surface area contributed by atoms with Gasteiger partial charge >= 0.3 is 6.18 Å². The normalized spacial score (nSPS) is 17.6. The van der Waals surface area contributed by atoms with Gasteiger partial charge in [-0.3, -0.25) is 4.99 Å². The molecular weight excluding hydrogens is 369 g/mol. The topological polar surface area (TPSA) is 49.8 Å². The number of aliphatic imine (C=N–C) groups is 1. The van der Waals surface area contributed by atoms with Crippen LogP contribution in [0.3, 0.4) is 0 Å². The molecule has 1 atom stereocenters. The van der Waals surface area contributed by atoms with Gasteiger partial charge in [0.25, 0.3) is 0 Å². The van der Waals surface area contributed by atoms with Crippen molar-refractivity contribution in [2.75, 3.05) is 26.7 Å². The second kappa shape index (κ2) is 8.95. The fourth-order valence-corrected chi connectivity index (χ4v) is 3.26. The molecule has 1 aliphatic heterocycles. The van der Waals surface area contributed by atoms with E-state index < -0.39 is 12.8 Å². The summed E-state index contributed by atoms with van der Waals surface area (Å²) in [5.41, 5.74) is 2.09. The first kappa shape index (κ1) is 20.0. The molecule has 0 amide bonds. The Morgan fingerprint density at radius 1 is 1.29 bits per heavy atom. The van der Waals surface area contributed by atoms with Gasteiger partial charge in [0.15, 0.2) is 12.6 Å². The molecule has 0 bridgehead atoms. The van der Waals surface area contributed by atoms with Gasteiger partial charge in [-0.05, 0) is 23.6 Å². The third kappa shape index (κ3) is 5.61. The molecule has 8 heteroatoms. The van der Waals surface area contributed by atoms with Gasteiger partial charge in [-0.25, -0.2) is 4.98 Å². The second-order valence-corrected chi connectivity index (χ2v) is 6.65. The van der Waals surface area contributed by atoms with Crippen LogP contribution >= 0.6 is 0 Å². The first-order chi connectivity index (χ1) is 13.4. The molecule has 0 radical (unpaired) electrons. The molecule has 1 fully saturated rings. The number of benzene rings is 1. The van der Waals surface area contributed by atoms with Crippen molar-refractivity contribution in [3.8, 4) is 5.88 Å². The number of halogens is 3. The maximum Gasteiger partial charge on any atom is 0.422 e. The van der Waals surface area contributed by atoms with Crippen molar-refractivity contribution in [1.29, 1.82) is 0 Å². The number of alkyl halides is 3. The summed E-state index contributed by atoms with van der Waals surface area (Å²) in [6.45, 7) is 0.840. The number of guanidine groups is 1. The van der Waals surface area contributed by atoms with Crippen molar-refractivity contribution in [2.24, 2.45) is 4.99 Å². The maximum atomic E-state index is 12.3. The highest BCUT2D eigenvalue weighted by atomic mass is 19.4. The van der Waals surface area contributed by atoms with Crippen molar-refractivity contribution < 1.29 is 17.9 Å². The van der Waals surface area contributed by atoms with E-state index in [4.69, 9.17) is 4.74 Å². The number of likely N-dealkylation sites (tertiary alicyclic amines) is 1. The summed E-state index contributed by atoms with van der Waals surface area (Å²) >= 11 is 0. The Balaban J connectivity index is 1.55. The smallest absolute Gasteiger partial charge is 0.422 e. The fraction of sp³-hybridized carbons (Fsp3) is 0.400. The number of nitrogens with zero attached hydrogens (tertiary/aromatic N) is 3. The summed E-state index contributed by atoms with van der Waals surface area (Å²) in [6, 6.07) is 13.6. The molecule has 3 rings (SSSR count). The molecule has 5 nitrogen and oxygen atoms in total. The lowest BCUT2D eigenvalue weighted by Gasteiger charge is -2.22. The molecule has 0 spiro atoms. The third-order valence-electron chi connectivity index (χ3n) is 4.60. The van der Waals surface area contributed by atoms with Gasteiger partial charge in [0.1, 0.15) is 0 Å². The van der Waals surface area contributed by atoms with E-state index in [2.05, 4.69) is 32.3 Å². The number of rotatable bonds is 5. The quantitative estimate of drug-likeness (QED) is 0.624. The van der Waals surface area contributed by atoms with Gasteiger partial charge in [0.05, 0.1) is 0 Å². The van der Waals surface area contributed by atoms with Crippen LogP contribution in [-0.2, 0) is 6.54 Å². The average Bonchev–Trinajstić information content (AvgIpc) is 3.17. The Kier molecular flexibility index (Phi) is 6.38. The Bertz CT molecular complexity index is 796. The minimum atomic E-state index is -4.39. The van der Waals surface area contributed by atoms with Crippen LogP contribution < -0.4 is 10.1 Å². The van der Waals surface area contributed by atoms with E-state index in [0.717, 1.165) is 31.0 Å². The van der Waals surface area contributed by atoms with Crippen LogP contribution in [0.4, 0.5) is 13.2 Å². The number of pyridine rings is 1. The lowest BCUT2D eigenvalue weighted by molar-refractivity contribution is -0.154. The highest BCUT2D eigenvalue weighted by Crippen LogP contribution is 2.27. The zero-order valence-electron chi connectivity index (χ0n) is 15.6. The average molecular weight is 392 g/mol. The monoisotopic (exact) mass is 392 g/mol. The molecule has 150 valence electrons. The van der Waals surface area contributed by atoms with Crippen LogP contribution in [0.1, 0.15) is 23.5 Å². The van der Waals surface area contributed by atoms with E-state index >= 15 is 0 Å². The summed E-state index contributed by atoms with van der Waals surface area (Å²) in [5, 5.41) is 3.27. The lowest BCUT2D eigenvalue weighted by atomic mass is 9.99. The molecule has 1 unspecified atom stereocenters. The van der Waals surface area contributed by atoms with Crippen LogP contribution in [0.5, 0.6) is 5.88 Å². The van der Waals surface area contributed by atoms with E-state index in [0.29, 0.717) is 12.5 Å². The van der Waals surface area contributed by atoms with Crippen molar-refractivity contribution in [3.63, 3.8) is 0 Å². The Morgan fingerprint density at radius 3 is 2.79 bits per heavy atom. The Hall–Kier alpha value is -2.77. The third-order valence-corrected chi connectivity index (χ3v) is 4.60. The summed E-state index contributed by atoms with van der Waals surface area (Å²) in [5.74, 6) is 1.19. The van der Waals surface area contributed by atoms with E-state index in [9.17, 15) is 13.2 Å². The van der Waals surface area contributed by atoms with E-state index in [1.54, 1.807) is 13.1 Å². The summed E-state index contributed by atoms with van der Waals surface area (Å²) in [4.78, 5) is 10.4. The molecule has 2 heterocycles. The van der Waals surface area contributed by atoms with Crippen molar-refractivity contribution in [1.82, 2.24) is 15.2 Å². The summed E-state index contributed by atoms with van der Waals surface area (Å²) in [7, 11) is 1.72. The van der Waals surface area contributed by atoms with Crippen LogP contribution in [0, 0.1) is 0 Å². The molecule has 28 heavy (non-hydrogen) atoms. The maximum absolute atomic E-state index is 12.3. The number of hydrogen-bond acceptors (Lipinski definition) is 3. The van der Waals surface area contributed by atoms with Crippen LogP contribution in [0.15, 0.2) is 53.7 Å². The van der Waals surface area contributed by atoms with Crippen LogP contribution in [-0.4, -0.2) is 48.8 Å². The molecule has 1 aliphatic rings. The highest BCUT2D eigenvalue weighted by molar-refractivity contribution is 5.80. The molecule has 1 aromatic carbocycles. The lowest BCUT2D eigenvalue weighted by Crippen LogP contribution is -2.39. The summed E-state index contributed by atoms with van der Waals surface area (Å²) in [6.07, 6.45) is -1.90. The molecular formula is C20H23F3N4O. The van der Waals surface area contributed by atoms with Crippen molar-refractivity contribution in [3.05, 3.63) is 59.8 Å². The van der Waals surface area contributed by atoms with Crippen LogP contribution in [0.2, 0.25) is 0 Å². The molecule has 1 saturated heterocycles. The van der Waals surface area contributed by atoms with Crippen LogP contribution in [0.25, 0.3) is 0 Å². The minimum Gasteiger partial charge on any atom is -0.468 e. The van der Waals surface area contributed by atoms with Crippen molar-refractivity contribution >= 4 is 5.96 Å². The van der Waals surface area contributed by atoms with E-state index in [1.807, 2.05) is 18.2 Å². The molecule has 0 aliphatic carbocycles. The largest absolute Gasteiger partial charge is 0.468 e. The SMILES string of the molecule is CN=C(NCc1ccnc(OCC(F)(F)F)c1)N1CCC(c2ccccc2)C1. The standard InChI is InChI=1S/C20H23F3N4O/c1-24-19(27-10-8-17(13-27)16-5-3-2-4-6-16)26-12-15-7-9-25-18(11-15)28-14-20(21,22)23/h2-7,9,11,17H,8,10,12-14H2,1H3,(H,24,26). The van der Waals surface area contributed by atoms with Gasteiger partial charge in [0.2, 0.25) is 5.88 Å². The first-order valence-corrected chi connectivity index (χ1v) is 9.09. The fourth-order valence-electron chi connectivity index (χ4n) is 3.26. The number of aromatic nitrogens is 1. The zero-order valence-corrected chi connectivity index (χ0v) is 15.6. The highest BCUT2D eigenvalue weighted by Gasteiger charge is 2.29. The van der Waals surface area contributed by atoms with Gasteiger partial charge in [0, 0.05) is 44.9 Å². The van der Waals surface area contributed by atoms with Gasteiger partial charge in [-0.2, -0.15) is 13.2 Å². The second-order valence-electron chi connectivity index (χ2n) is 6.65. The van der Waals surface area contributed by atoms with E-state index in [1.165, 1.54) is 17.8 Å². The predicted molar refractivity (Wildman–Crippen MR) is 101 cm³/mol. The Morgan fingerprint density at radius 2 is 2.07 bits per heavy atom. The van der Waals surface area contributed by atoms with Gasteiger partial charge in [-0.1, -0.05) is 30.3 Å². The van der Waals surface area contributed by atoms with E-state index in [-0.39, 0.29) is 5.88 Å². The minimum absolute atomic E-state index is 0.0445. The number of ether oxygens (including phenoxy) is 1. The van der Waals surface area contributed by atoms with Crippen molar-refractivity contribution in [2.45, 2.75) is 25.1 Å². The van der Waals surface area contributed by atoms with Gasteiger partial charge < -0.3 is 15.0 Å². The first-order valence-electron chi connectivity index (χ1n) is 9.09. The zero-order chi connectivity index (χ0) is 20.0. The molecule has 0 saturated carbocycles. The molecule has 2 aromatic rings. The Labute approximate surface area is 162 Å². The molecule has 1 N–H and O–H groups in total. The summed E-state index contributed by atoms with van der Waals surface area (Å²) < 4.78 is 41.5. The van der Waals surface area contributed by atoms with Gasteiger partial charge in [-0.15, -0.1) is 0 Å². The number of hydrogen-bond donors (Lipinski definition) is 1. The number of nitrogens with one attached hydrogen (secondary N) is 1. The predicted octanol–water partition coefficient (Wildman–Crippen LogP) is 3.59.